The quantitative estimate of drug-likeness (QED) is 0.630. The molecule has 0 aliphatic heterocycles. The molecule has 1 aromatic rings. The van der Waals surface area contributed by atoms with Crippen LogP contribution in [0, 0.1) is 11.7 Å². The molecule has 2 nitrogen and oxygen atoms in total. The Morgan fingerprint density at radius 2 is 2.25 bits per heavy atom. The van der Waals surface area contributed by atoms with Crippen molar-refractivity contribution in [1.29, 1.82) is 0 Å². The highest BCUT2D eigenvalue weighted by molar-refractivity contribution is 5.32. The van der Waals surface area contributed by atoms with Crippen LogP contribution in [0.4, 0.5) is 4.39 Å². The first-order valence-corrected chi connectivity index (χ1v) is 7.25. The van der Waals surface area contributed by atoms with Crippen LogP contribution in [0.15, 0.2) is 35.5 Å². The predicted molar refractivity (Wildman–Crippen MR) is 84.4 cm³/mol. The zero-order valence-electron chi connectivity index (χ0n) is 12.5. The molecule has 3 heteroatoms. The van der Waals surface area contributed by atoms with E-state index in [9.17, 15) is 4.39 Å². The molecule has 0 fully saturated rings. The van der Waals surface area contributed by atoms with Crippen LogP contribution >= 0.6 is 0 Å². The van der Waals surface area contributed by atoms with Gasteiger partial charge >= 0.3 is 0 Å². The Bertz CT molecular complexity index is 454. The van der Waals surface area contributed by atoms with Gasteiger partial charge in [-0.1, -0.05) is 32.1 Å². The van der Waals surface area contributed by atoms with Gasteiger partial charge in [0.25, 0.3) is 0 Å². The van der Waals surface area contributed by atoms with Crippen LogP contribution in [-0.2, 0) is 6.42 Å². The molecule has 0 aromatic heterocycles. The van der Waals surface area contributed by atoms with Gasteiger partial charge < -0.3 is 5.73 Å². The summed E-state index contributed by atoms with van der Waals surface area (Å²) in [4.78, 5) is 3.49. The Balaban J connectivity index is 0.000000286. The van der Waals surface area contributed by atoms with E-state index in [-0.39, 0.29) is 11.9 Å². The maximum absolute atomic E-state index is 13.5. The van der Waals surface area contributed by atoms with E-state index in [0.29, 0.717) is 5.92 Å². The molecule has 2 atom stereocenters. The molecule has 2 N–H and O–H groups in total. The summed E-state index contributed by atoms with van der Waals surface area (Å²) in [5.74, 6) is 0.366. The lowest BCUT2D eigenvalue weighted by molar-refractivity contribution is 0.441. The molecular weight excluding hydrogens is 251 g/mol. The SMILES string of the molecule is C=N/C=C\CC.CC1CCCc2c(F)cccc2C1N. The third-order valence-corrected chi connectivity index (χ3v) is 3.66. The summed E-state index contributed by atoms with van der Waals surface area (Å²) in [6, 6.07) is 5.25. The van der Waals surface area contributed by atoms with Crippen molar-refractivity contribution in [2.75, 3.05) is 0 Å². The number of allylic oxidation sites excluding steroid dienone is 1. The molecule has 1 aliphatic rings. The fraction of sp³-hybridized carbons (Fsp3) is 0.471. The Hall–Kier alpha value is -1.48. The van der Waals surface area contributed by atoms with Crippen LogP contribution in [0.3, 0.4) is 0 Å². The van der Waals surface area contributed by atoms with Gasteiger partial charge in [-0.25, -0.2) is 4.39 Å². The maximum Gasteiger partial charge on any atom is 0.126 e. The number of nitrogens with two attached hydrogens (primary N) is 1. The van der Waals surface area contributed by atoms with Crippen molar-refractivity contribution < 1.29 is 4.39 Å². The van der Waals surface area contributed by atoms with E-state index in [1.807, 2.05) is 12.1 Å². The Morgan fingerprint density at radius 3 is 2.85 bits per heavy atom. The average Bonchev–Trinajstić information content (AvgIpc) is 2.59. The van der Waals surface area contributed by atoms with Gasteiger partial charge in [-0.3, -0.25) is 4.99 Å². The highest BCUT2D eigenvalue weighted by Crippen LogP contribution is 2.32. The summed E-state index contributed by atoms with van der Waals surface area (Å²) in [5.41, 5.74) is 7.94. The lowest BCUT2D eigenvalue weighted by Crippen LogP contribution is -2.18. The topological polar surface area (TPSA) is 38.4 Å². The van der Waals surface area contributed by atoms with E-state index in [1.54, 1.807) is 12.3 Å². The van der Waals surface area contributed by atoms with E-state index < -0.39 is 0 Å². The first-order chi connectivity index (χ1) is 9.61. The van der Waals surface area contributed by atoms with Gasteiger partial charge in [0, 0.05) is 12.2 Å². The molecule has 110 valence electrons. The van der Waals surface area contributed by atoms with E-state index in [4.69, 9.17) is 5.73 Å². The molecule has 20 heavy (non-hydrogen) atoms. The molecular formula is C17H25FN2. The van der Waals surface area contributed by atoms with Crippen LogP contribution in [-0.4, -0.2) is 6.72 Å². The van der Waals surface area contributed by atoms with Crippen LogP contribution in [0.2, 0.25) is 0 Å². The third kappa shape index (κ3) is 4.57. The minimum absolute atomic E-state index is 0.00296. The van der Waals surface area contributed by atoms with Crippen molar-refractivity contribution in [3.05, 3.63) is 47.4 Å². The van der Waals surface area contributed by atoms with E-state index in [1.165, 1.54) is 6.07 Å². The monoisotopic (exact) mass is 276 g/mol. The van der Waals surface area contributed by atoms with Gasteiger partial charge in [0.1, 0.15) is 5.82 Å². The molecule has 0 heterocycles. The average molecular weight is 276 g/mol. The normalized spacial score (nSPS) is 21.6. The van der Waals surface area contributed by atoms with Crippen LogP contribution in [0.5, 0.6) is 0 Å². The number of halogens is 1. The van der Waals surface area contributed by atoms with Crippen molar-refractivity contribution in [2.24, 2.45) is 16.6 Å². The van der Waals surface area contributed by atoms with Crippen molar-refractivity contribution >= 4 is 6.72 Å². The van der Waals surface area contributed by atoms with Crippen LogP contribution in [0.1, 0.15) is 50.3 Å². The smallest absolute Gasteiger partial charge is 0.126 e. The van der Waals surface area contributed by atoms with Crippen molar-refractivity contribution in [3.63, 3.8) is 0 Å². The van der Waals surface area contributed by atoms with Crippen molar-refractivity contribution in [2.45, 2.75) is 45.6 Å². The zero-order chi connectivity index (χ0) is 15.0. The number of benzene rings is 1. The standard InChI is InChI=1S/C12H16FN.C5H9N/c1-8-4-2-5-9-10(12(8)14)6-3-7-11(9)13;1-3-4-5-6-2/h3,6-8,12H,2,4-5,14H2,1H3;4-5H,2-3H2,1H3/b;5-4-. The first-order valence-electron chi connectivity index (χ1n) is 7.25. The second-order valence-corrected chi connectivity index (χ2v) is 5.18. The Morgan fingerprint density at radius 1 is 1.50 bits per heavy atom. The van der Waals surface area contributed by atoms with Crippen LogP contribution in [0.25, 0.3) is 0 Å². The van der Waals surface area contributed by atoms with Crippen LogP contribution < -0.4 is 5.73 Å². The number of hydrogen-bond acceptors (Lipinski definition) is 2. The minimum Gasteiger partial charge on any atom is -0.324 e. The highest BCUT2D eigenvalue weighted by Gasteiger charge is 2.22. The number of rotatable bonds is 2. The van der Waals surface area contributed by atoms with Gasteiger partial charge in [0.05, 0.1) is 0 Å². The second kappa shape index (κ2) is 8.64. The Kier molecular flexibility index (Phi) is 7.16. The fourth-order valence-corrected chi connectivity index (χ4v) is 2.42. The van der Waals surface area contributed by atoms with Gasteiger partial charge in [-0.15, -0.1) is 0 Å². The summed E-state index contributed by atoms with van der Waals surface area (Å²) in [5, 5.41) is 0. The molecule has 0 amide bonds. The highest BCUT2D eigenvalue weighted by atomic mass is 19.1. The zero-order valence-corrected chi connectivity index (χ0v) is 12.5. The van der Waals surface area contributed by atoms with E-state index >= 15 is 0 Å². The summed E-state index contributed by atoms with van der Waals surface area (Å²) in [6.07, 6.45) is 7.66. The fourth-order valence-electron chi connectivity index (χ4n) is 2.42. The van der Waals surface area contributed by atoms with Gasteiger partial charge in [-0.2, -0.15) is 0 Å². The largest absolute Gasteiger partial charge is 0.324 e. The summed E-state index contributed by atoms with van der Waals surface area (Å²) in [6.45, 7) is 7.46. The molecule has 2 rings (SSSR count). The number of hydrogen-bond donors (Lipinski definition) is 1. The molecule has 1 aromatic carbocycles. The van der Waals surface area contributed by atoms with Crippen molar-refractivity contribution in [3.8, 4) is 0 Å². The molecule has 0 bridgehead atoms. The lowest BCUT2D eigenvalue weighted by Gasteiger charge is -2.18. The van der Waals surface area contributed by atoms with Gasteiger partial charge in [0.15, 0.2) is 0 Å². The summed E-state index contributed by atoms with van der Waals surface area (Å²) >= 11 is 0. The van der Waals surface area contributed by atoms with E-state index in [2.05, 4.69) is 25.6 Å². The van der Waals surface area contributed by atoms with Gasteiger partial charge in [-0.05, 0) is 55.5 Å². The van der Waals surface area contributed by atoms with Crippen molar-refractivity contribution in [1.82, 2.24) is 0 Å². The lowest BCUT2D eigenvalue weighted by atomic mass is 9.93. The maximum atomic E-state index is 13.5. The molecule has 0 saturated heterocycles. The molecule has 0 spiro atoms. The minimum atomic E-state index is -0.0907. The van der Waals surface area contributed by atoms with Gasteiger partial charge in [0.2, 0.25) is 0 Å². The molecule has 0 saturated carbocycles. The predicted octanol–water partition coefficient (Wildman–Crippen LogP) is 4.41. The number of fused-ring (bicyclic) bond motifs is 1. The molecule has 0 radical (unpaired) electrons. The summed E-state index contributed by atoms with van der Waals surface area (Å²) in [7, 11) is 0. The third-order valence-electron chi connectivity index (χ3n) is 3.66. The summed E-state index contributed by atoms with van der Waals surface area (Å²) < 4.78 is 13.5. The number of aliphatic imine (C=N–C) groups is 1. The van der Waals surface area contributed by atoms with E-state index in [0.717, 1.165) is 36.8 Å². The first kappa shape index (κ1) is 16.6. The number of nitrogens with zero attached hydrogens (tertiary/aromatic N) is 1. The Labute approximate surface area is 121 Å². The molecule has 2 unspecified atom stereocenters. The second-order valence-electron chi connectivity index (χ2n) is 5.18. The molecule has 1 aliphatic carbocycles.